The van der Waals surface area contributed by atoms with Crippen molar-refractivity contribution in [2.45, 2.75) is 19.3 Å². The molecule has 1 fully saturated rings. The summed E-state index contributed by atoms with van der Waals surface area (Å²) in [6.07, 6.45) is 3.00. The molecule has 0 bridgehead atoms. The number of benzene rings is 1. The molecule has 2 rings (SSSR count). The molecule has 0 unspecified atom stereocenters. The van der Waals surface area contributed by atoms with Crippen LogP contribution in [0.25, 0.3) is 0 Å². The average molecular weight is 237 g/mol. The molecular formula is C14H20FNO. The maximum Gasteiger partial charge on any atom is 0.123 e. The quantitative estimate of drug-likeness (QED) is 0.870. The van der Waals surface area contributed by atoms with Crippen LogP contribution in [0.1, 0.15) is 18.4 Å². The van der Waals surface area contributed by atoms with Crippen LogP contribution in [0, 0.1) is 11.2 Å². The Labute approximate surface area is 102 Å². The summed E-state index contributed by atoms with van der Waals surface area (Å²) >= 11 is 0. The van der Waals surface area contributed by atoms with Crippen LogP contribution in [0.5, 0.6) is 0 Å². The first kappa shape index (κ1) is 12.5. The van der Waals surface area contributed by atoms with Crippen molar-refractivity contribution in [1.29, 1.82) is 0 Å². The Kier molecular flexibility index (Phi) is 3.79. The van der Waals surface area contributed by atoms with Gasteiger partial charge >= 0.3 is 0 Å². The second kappa shape index (κ2) is 5.15. The van der Waals surface area contributed by atoms with E-state index in [0.717, 1.165) is 37.9 Å². The smallest absolute Gasteiger partial charge is 0.123 e. The van der Waals surface area contributed by atoms with Gasteiger partial charge in [0.15, 0.2) is 0 Å². The van der Waals surface area contributed by atoms with Crippen molar-refractivity contribution in [3.05, 3.63) is 35.6 Å². The summed E-state index contributed by atoms with van der Waals surface area (Å²) in [5.74, 6) is -0.201. The first-order valence-electron chi connectivity index (χ1n) is 6.17. The number of aliphatic hydroxyl groups excluding tert-OH is 1. The molecule has 1 aliphatic heterocycles. The monoisotopic (exact) mass is 237 g/mol. The lowest BCUT2D eigenvalue weighted by atomic mass is 9.76. The summed E-state index contributed by atoms with van der Waals surface area (Å²) < 4.78 is 12.8. The van der Waals surface area contributed by atoms with Crippen LogP contribution in [0.15, 0.2) is 24.3 Å². The van der Waals surface area contributed by atoms with E-state index in [2.05, 4.69) is 11.9 Å². The number of nitrogens with zero attached hydrogens (tertiary/aromatic N) is 1. The lowest BCUT2D eigenvalue weighted by Gasteiger charge is -2.40. The Hall–Kier alpha value is -0.930. The van der Waals surface area contributed by atoms with Gasteiger partial charge in [0.05, 0.1) is 6.61 Å². The Morgan fingerprint density at radius 1 is 1.35 bits per heavy atom. The molecule has 1 atom stereocenters. The van der Waals surface area contributed by atoms with Crippen LogP contribution in [0.4, 0.5) is 4.39 Å². The Balaban J connectivity index is 2.10. The molecule has 1 aromatic rings. The lowest BCUT2D eigenvalue weighted by Crippen LogP contribution is -2.44. The number of hydrogen-bond donors (Lipinski definition) is 1. The van der Waals surface area contributed by atoms with Gasteiger partial charge in [0, 0.05) is 12.0 Å². The molecule has 0 aromatic heterocycles. The van der Waals surface area contributed by atoms with Gasteiger partial charge in [0.1, 0.15) is 5.82 Å². The fourth-order valence-electron chi connectivity index (χ4n) is 2.82. The number of likely N-dealkylation sites (tertiary alicyclic amines) is 1. The molecule has 1 heterocycles. The van der Waals surface area contributed by atoms with Gasteiger partial charge in [-0.05, 0) is 50.6 Å². The molecule has 1 N–H and O–H groups in total. The maximum atomic E-state index is 12.8. The molecule has 17 heavy (non-hydrogen) atoms. The normalized spacial score (nSPS) is 26.1. The van der Waals surface area contributed by atoms with Crippen LogP contribution >= 0.6 is 0 Å². The van der Waals surface area contributed by atoms with Gasteiger partial charge in [0.25, 0.3) is 0 Å². The van der Waals surface area contributed by atoms with Crippen LogP contribution < -0.4 is 0 Å². The van der Waals surface area contributed by atoms with Crippen molar-refractivity contribution in [2.75, 3.05) is 26.7 Å². The van der Waals surface area contributed by atoms with E-state index in [1.54, 1.807) is 0 Å². The molecule has 1 aliphatic rings. The highest BCUT2D eigenvalue weighted by molar-refractivity contribution is 5.18. The second-order valence-corrected chi connectivity index (χ2v) is 5.30. The van der Waals surface area contributed by atoms with Crippen LogP contribution in [-0.2, 0) is 6.42 Å². The Bertz CT molecular complexity index is 365. The molecule has 94 valence electrons. The van der Waals surface area contributed by atoms with Gasteiger partial charge in [-0.3, -0.25) is 0 Å². The summed E-state index contributed by atoms with van der Waals surface area (Å²) in [6, 6.07) is 6.63. The first-order chi connectivity index (χ1) is 8.13. The van der Waals surface area contributed by atoms with E-state index in [0.29, 0.717) is 0 Å². The molecular weight excluding hydrogens is 217 g/mol. The molecule has 1 aromatic carbocycles. The van der Waals surface area contributed by atoms with Crippen molar-refractivity contribution < 1.29 is 9.50 Å². The van der Waals surface area contributed by atoms with E-state index < -0.39 is 0 Å². The molecule has 0 saturated carbocycles. The molecule has 0 radical (unpaired) electrons. The maximum absolute atomic E-state index is 12.8. The van der Waals surface area contributed by atoms with Gasteiger partial charge in [0.2, 0.25) is 0 Å². The third-order valence-electron chi connectivity index (χ3n) is 3.68. The largest absolute Gasteiger partial charge is 0.396 e. The van der Waals surface area contributed by atoms with Crippen LogP contribution in [0.2, 0.25) is 0 Å². The standard InChI is InChI=1S/C14H20FNO/c1-16-8-2-7-14(10-16,11-17)9-12-3-5-13(15)6-4-12/h3-6,17H,2,7-11H2,1H3/t14-/m0/s1. The fourth-order valence-corrected chi connectivity index (χ4v) is 2.82. The zero-order valence-corrected chi connectivity index (χ0v) is 10.3. The Morgan fingerprint density at radius 3 is 2.65 bits per heavy atom. The summed E-state index contributed by atoms with van der Waals surface area (Å²) in [7, 11) is 2.09. The molecule has 0 amide bonds. The summed E-state index contributed by atoms with van der Waals surface area (Å²) in [6.45, 7) is 2.22. The predicted molar refractivity (Wildman–Crippen MR) is 66.4 cm³/mol. The van der Waals surface area contributed by atoms with E-state index in [1.165, 1.54) is 12.1 Å². The number of hydrogen-bond acceptors (Lipinski definition) is 2. The van der Waals surface area contributed by atoms with E-state index in [9.17, 15) is 9.50 Å². The third kappa shape index (κ3) is 3.05. The topological polar surface area (TPSA) is 23.5 Å². The minimum absolute atomic E-state index is 0.0508. The number of aliphatic hydroxyl groups is 1. The zero-order chi connectivity index (χ0) is 12.3. The highest BCUT2D eigenvalue weighted by atomic mass is 19.1. The van der Waals surface area contributed by atoms with Crippen molar-refractivity contribution in [3.8, 4) is 0 Å². The molecule has 3 heteroatoms. The zero-order valence-electron chi connectivity index (χ0n) is 10.3. The second-order valence-electron chi connectivity index (χ2n) is 5.30. The van der Waals surface area contributed by atoms with Gasteiger partial charge in [-0.15, -0.1) is 0 Å². The summed E-state index contributed by atoms with van der Waals surface area (Å²) in [5.41, 5.74) is 1.06. The predicted octanol–water partition coefficient (Wildman–Crippen LogP) is 2.07. The molecule has 1 saturated heterocycles. The summed E-state index contributed by atoms with van der Waals surface area (Å²) in [5, 5.41) is 9.67. The van der Waals surface area contributed by atoms with Gasteiger partial charge in [-0.25, -0.2) is 4.39 Å². The van der Waals surface area contributed by atoms with E-state index >= 15 is 0 Å². The first-order valence-corrected chi connectivity index (χ1v) is 6.17. The molecule has 0 aliphatic carbocycles. The van der Waals surface area contributed by atoms with Crippen molar-refractivity contribution in [1.82, 2.24) is 4.90 Å². The van der Waals surface area contributed by atoms with Crippen molar-refractivity contribution in [2.24, 2.45) is 5.41 Å². The number of piperidine rings is 1. The Morgan fingerprint density at radius 2 is 2.06 bits per heavy atom. The van der Waals surface area contributed by atoms with E-state index in [4.69, 9.17) is 0 Å². The lowest BCUT2D eigenvalue weighted by molar-refractivity contribution is 0.0439. The highest BCUT2D eigenvalue weighted by Crippen LogP contribution is 2.32. The molecule has 2 nitrogen and oxygen atoms in total. The number of halogens is 1. The minimum atomic E-state index is -0.201. The minimum Gasteiger partial charge on any atom is -0.396 e. The molecule has 0 spiro atoms. The van der Waals surface area contributed by atoms with E-state index in [1.807, 2.05) is 12.1 Å². The van der Waals surface area contributed by atoms with Crippen LogP contribution in [0.3, 0.4) is 0 Å². The van der Waals surface area contributed by atoms with E-state index in [-0.39, 0.29) is 17.8 Å². The SMILES string of the molecule is CN1CCC[C@](CO)(Cc2ccc(F)cc2)C1. The average Bonchev–Trinajstić information content (AvgIpc) is 2.32. The fraction of sp³-hybridized carbons (Fsp3) is 0.571. The van der Waals surface area contributed by atoms with Crippen molar-refractivity contribution in [3.63, 3.8) is 0 Å². The van der Waals surface area contributed by atoms with Gasteiger partial charge in [-0.1, -0.05) is 12.1 Å². The van der Waals surface area contributed by atoms with Gasteiger partial charge < -0.3 is 10.0 Å². The van der Waals surface area contributed by atoms with Gasteiger partial charge in [-0.2, -0.15) is 0 Å². The highest BCUT2D eigenvalue weighted by Gasteiger charge is 2.33. The van der Waals surface area contributed by atoms with Crippen molar-refractivity contribution >= 4 is 0 Å². The summed E-state index contributed by atoms with van der Waals surface area (Å²) in [4.78, 5) is 2.27. The third-order valence-corrected chi connectivity index (χ3v) is 3.68. The van der Waals surface area contributed by atoms with Crippen LogP contribution in [-0.4, -0.2) is 36.8 Å². The number of rotatable bonds is 3.